The molecule has 2 aliphatic heterocycles. The fourth-order valence-electron chi connectivity index (χ4n) is 3.94. The van der Waals surface area contributed by atoms with E-state index in [0.29, 0.717) is 18.2 Å². The van der Waals surface area contributed by atoms with Crippen LogP contribution in [0.2, 0.25) is 0 Å². The Labute approximate surface area is 174 Å². The molecule has 0 saturated carbocycles. The summed E-state index contributed by atoms with van der Waals surface area (Å²) in [6.45, 7) is 9.33. The molecule has 1 aromatic carbocycles. The van der Waals surface area contributed by atoms with Crippen LogP contribution in [0.25, 0.3) is 0 Å². The molecular weight excluding hydrogens is 366 g/mol. The van der Waals surface area contributed by atoms with Gasteiger partial charge in [0, 0.05) is 57.9 Å². The number of nitrogens with zero attached hydrogens (tertiary/aromatic N) is 3. The number of aliphatic imine (C=N–C) groups is 1. The summed E-state index contributed by atoms with van der Waals surface area (Å²) >= 11 is 0. The molecule has 1 atom stereocenters. The van der Waals surface area contributed by atoms with Crippen molar-refractivity contribution < 1.29 is 9.53 Å². The van der Waals surface area contributed by atoms with Gasteiger partial charge in [-0.25, -0.2) is 0 Å². The average Bonchev–Trinajstić information content (AvgIpc) is 3.25. The number of morpholine rings is 1. The smallest absolute Gasteiger partial charge is 0.251 e. The van der Waals surface area contributed by atoms with Crippen LogP contribution in [0.4, 0.5) is 0 Å². The third-order valence-electron chi connectivity index (χ3n) is 5.72. The molecule has 0 aromatic heterocycles. The minimum absolute atomic E-state index is 0.00000912. The lowest BCUT2D eigenvalue weighted by molar-refractivity contribution is 0.0195. The Morgan fingerprint density at radius 3 is 2.62 bits per heavy atom. The van der Waals surface area contributed by atoms with Crippen molar-refractivity contribution in [3.8, 4) is 0 Å². The van der Waals surface area contributed by atoms with Gasteiger partial charge in [0.25, 0.3) is 5.91 Å². The Kier molecular flexibility index (Phi) is 8.31. The van der Waals surface area contributed by atoms with Gasteiger partial charge in [-0.05, 0) is 30.5 Å². The lowest BCUT2D eigenvalue weighted by Gasteiger charge is -2.32. The number of likely N-dealkylation sites (tertiary alicyclic amines) is 1. The van der Waals surface area contributed by atoms with Crippen LogP contribution >= 0.6 is 0 Å². The van der Waals surface area contributed by atoms with E-state index in [1.54, 1.807) is 0 Å². The van der Waals surface area contributed by atoms with Gasteiger partial charge >= 0.3 is 0 Å². The number of guanidine groups is 1. The third kappa shape index (κ3) is 6.18. The number of carbonyl (C=O) groups excluding carboxylic acids is 1. The number of amides is 1. The maximum Gasteiger partial charge on any atom is 0.251 e. The van der Waals surface area contributed by atoms with Gasteiger partial charge in [-0.3, -0.25) is 14.7 Å². The highest BCUT2D eigenvalue weighted by Crippen LogP contribution is 2.17. The van der Waals surface area contributed by atoms with Crippen LogP contribution in [-0.2, 0) is 11.3 Å². The number of benzene rings is 1. The molecule has 0 spiro atoms. The van der Waals surface area contributed by atoms with Crippen LogP contribution in [0.3, 0.4) is 0 Å². The molecule has 7 nitrogen and oxygen atoms in total. The van der Waals surface area contributed by atoms with Gasteiger partial charge in [-0.1, -0.05) is 25.5 Å². The van der Waals surface area contributed by atoms with Crippen molar-refractivity contribution in [2.24, 2.45) is 4.99 Å². The number of hydrogen-bond donors (Lipinski definition) is 2. The molecule has 0 aliphatic carbocycles. The summed E-state index contributed by atoms with van der Waals surface area (Å²) in [5.74, 6) is 0.946. The molecule has 2 saturated heterocycles. The van der Waals surface area contributed by atoms with Crippen molar-refractivity contribution in [1.29, 1.82) is 0 Å². The van der Waals surface area contributed by atoms with Crippen molar-refractivity contribution >= 4 is 11.9 Å². The number of hydrogen-bond acceptors (Lipinski definition) is 4. The topological polar surface area (TPSA) is 69.2 Å². The van der Waals surface area contributed by atoms with E-state index in [1.807, 2.05) is 31.3 Å². The summed E-state index contributed by atoms with van der Waals surface area (Å²) in [5, 5.41) is 6.43. The van der Waals surface area contributed by atoms with Crippen LogP contribution in [0, 0.1) is 0 Å². The highest BCUT2D eigenvalue weighted by molar-refractivity contribution is 5.94. The number of rotatable bonds is 7. The standard InChI is InChI=1S/C22H35N5O2/c1-3-4-10-24-21(28)19-7-5-18(6-8-19)16-25-22(23-2)27-11-9-20(17-27)26-12-14-29-15-13-26/h5-8,20H,3-4,9-17H2,1-2H3,(H,23,25)(H,24,28). The molecule has 2 aliphatic rings. The molecule has 0 bridgehead atoms. The molecule has 2 fully saturated rings. The van der Waals surface area contributed by atoms with E-state index in [0.717, 1.165) is 70.3 Å². The first-order valence-corrected chi connectivity index (χ1v) is 10.9. The number of carbonyl (C=O) groups is 1. The summed E-state index contributed by atoms with van der Waals surface area (Å²) in [6, 6.07) is 8.39. The summed E-state index contributed by atoms with van der Waals surface area (Å²) in [4.78, 5) is 21.5. The normalized spacial score (nSPS) is 20.7. The Morgan fingerprint density at radius 1 is 1.17 bits per heavy atom. The molecule has 1 unspecified atom stereocenters. The van der Waals surface area contributed by atoms with Gasteiger partial charge in [0.1, 0.15) is 0 Å². The summed E-state index contributed by atoms with van der Waals surface area (Å²) in [7, 11) is 1.84. The van der Waals surface area contributed by atoms with Crippen molar-refractivity contribution in [3.63, 3.8) is 0 Å². The SMILES string of the molecule is CCCCNC(=O)c1ccc(CNC(=NC)N2CCC(N3CCOCC3)C2)cc1. The van der Waals surface area contributed by atoms with E-state index < -0.39 is 0 Å². The van der Waals surface area contributed by atoms with Crippen molar-refractivity contribution in [3.05, 3.63) is 35.4 Å². The highest BCUT2D eigenvalue weighted by atomic mass is 16.5. The fourth-order valence-corrected chi connectivity index (χ4v) is 3.94. The van der Waals surface area contributed by atoms with E-state index in [1.165, 1.54) is 6.42 Å². The molecule has 160 valence electrons. The quantitative estimate of drug-likeness (QED) is 0.413. The van der Waals surface area contributed by atoms with Gasteiger partial charge in [0.15, 0.2) is 5.96 Å². The van der Waals surface area contributed by atoms with Crippen molar-refractivity contribution in [2.45, 2.75) is 38.8 Å². The predicted octanol–water partition coefficient (Wildman–Crippen LogP) is 1.70. The lowest BCUT2D eigenvalue weighted by Crippen LogP contribution is -2.46. The molecule has 29 heavy (non-hydrogen) atoms. The average molecular weight is 402 g/mol. The largest absolute Gasteiger partial charge is 0.379 e. The van der Waals surface area contributed by atoms with E-state index in [2.05, 4.69) is 32.3 Å². The molecule has 3 rings (SSSR count). The third-order valence-corrected chi connectivity index (χ3v) is 5.72. The Bertz CT molecular complexity index is 670. The second-order valence-electron chi connectivity index (χ2n) is 7.74. The van der Waals surface area contributed by atoms with Crippen LogP contribution in [-0.4, -0.2) is 80.7 Å². The molecule has 7 heteroatoms. The highest BCUT2D eigenvalue weighted by Gasteiger charge is 2.30. The van der Waals surface area contributed by atoms with E-state index in [-0.39, 0.29) is 5.91 Å². The van der Waals surface area contributed by atoms with Crippen LogP contribution in [0.15, 0.2) is 29.3 Å². The van der Waals surface area contributed by atoms with Gasteiger partial charge in [0.05, 0.1) is 13.2 Å². The minimum Gasteiger partial charge on any atom is -0.379 e. The molecular formula is C22H35N5O2. The van der Waals surface area contributed by atoms with E-state index >= 15 is 0 Å². The lowest BCUT2D eigenvalue weighted by atomic mass is 10.1. The zero-order valence-electron chi connectivity index (χ0n) is 17.8. The van der Waals surface area contributed by atoms with Gasteiger partial charge in [-0.15, -0.1) is 0 Å². The molecule has 0 radical (unpaired) electrons. The van der Waals surface area contributed by atoms with Gasteiger partial charge in [0.2, 0.25) is 0 Å². The molecule has 2 N–H and O–H groups in total. The van der Waals surface area contributed by atoms with Gasteiger partial charge < -0.3 is 20.3 Å². The first kappa shape index (κ1) is 21.6. The Hall–Kier alpha value is -2.12. The van der Waals surface area contributed by atoms with Crippen molar-refractivity contribution in [1.82, 2.24) is 20.4 Å². The number of ether oxygens (including phenoxy) is 1. The summed E-state index contributed by atoms with van der Waals surface area (Å²) < 4.78 is 5.47. The maximum absolute atomic E-state index is 12.1. The second-order valence-corrected chi connectivity index (χ2v) is 7.74. The first-order chi connectivity index (χ1) is 14.2. The van der Waals surface area contributed by atoms with E-state index in [4.69, 9.17) is 4.74 Å². The number of unbranched alkanes of at least 4 members (excludes halogenated alkanes) is 1. The monoisotopic (exact) mass is 401 g/mol. The maximum atomic E-state index is 12.1. The fraction of sp³-hybridized carbons (Fsp3) is 0.636. The Morgan fingerprint density at radius 2 is 1.93 bits per heavy atom. The molecule has 2 heterocycles. The first-order valence-electron chi connectivity index (χ1n) is 10.9. The van der Waals surface area contributed by atoms with Crippen LogP contribution < -0.4 is 10.6 Å². The van der Waals surface area contributed by atoms with E-state index in [9.17, 15) is 4.79 Å². The Balaban J connectivity index is 1.46. The zero-order valence-corrected chi connectivity index (χ0v) is 17.8. The zero-order chi connectivity index (χ0) is 20.5. The minimum atomic E-state index is -0.00000912. The van der Waals surface area contributed by atoms with Crippen molar-refractivity contribution in [2.75, 3.05) is 53.0 Å². The molecule has 1 aromatic rings. The molecule has 1 amide bonds. The summed E-state index contributed by atoms with van der Waals surface area (Å²) in [5.41, 5.74) is 1.85. The van der Waals surface area contributed by atoms with Crippen LogP contribution in [0.1, 0.15) is 42.1 Å². The van der Waals surface area contributed by atoms with Crippen LogP contribution in [0.5, 0.6) is 0 Å². The number of nitrogens with one attached hydrogen (secondary N) is 2. The van der Waals surface area contributed by atoms with Gasteiger partial charge in [-0.2, -0.15) is 0 Å². The second kappa shape index (κ2) is 11.2. The summed E-state index contributed by atoms with van der Waals surface area (Å²) in [6.07, 6.45) is 3.26. The predicted molar refractivity (Wildman–Crippen MR) is 116 cm³/mol.